The summed E-state index contributed by atoms with van der Waals surface area (Å²) in [5.74, 6) is 3.11. The summed E-state index contributed by atoms with van der Waals surface area (Å²) in [7, 11) is 0. The summed E-state index contributed by atoms with van der Waals surface area (Å²) in [5, 5.41) is 2.72. The first-order valence-electron chi connectivity index (χ1n) is 8.32. The highest BCUT2D eigenvalue weighted by molar-refractivity contribution is 8.19. The Kier molecular flexibility index (Phi) is 7.08. The van der Waals surface area contributed by atoms with Gasteiger partial charge in [0.1, 0.15) is 23.9 Å². The van der Waals surface area contributed by atoms with Crippen LogP contribution < -0.4 is 14.8 Å². The molecule has 1 saturated heterocycles. The topological polar surface area (TPSA) is 47.6 Å². The van der Waals surface area contributed by atoms with Gasteiger partial charge in [-0.15, -0.1) is 23.5 Å². The number of benzene rings is 2. The van der Waals surface area contributed by atoms with Crippen LogP contribution in [0.3, 0.4) is 0 Å². The van der Waals surface area contributed by atoms with Crippen LogP contribution in [0.15, 0.2) is 48.5 Å². The van der Waals surface area contributed by atoms with Crippen LogP contribution in [0.5, 0.6) is 11.5 Å². The molecule has 0 saturated carbocycles. The molecule has 2 aromatic rings. The average Bonchev–Trinajstić information content (AvgIpc) is 3.20. The molecule has 4 nitrogen and oxygen atoms in total. The highest BCUT2D eigenvalue weighted by Gasteiger charge is 2.17. The zero-order valence-corrected chi connectivity index (χ0v) is 15.8. The van der Waals surface area contributed by atoms with Crippen LogP contribution in [0.1, 0.15) is 10.1 Å². The number of amides is 1. The van der Waals surface area contributed by atoms with Gasteiger partial charge in [-0.25, -0.2) is 4.39 Å². The lowest BCUT2D eigenvalue weighted by Gasteiger charge is -2.11. The van der Waals surface area contributed by atoms with Crippen molar-refractivity contribution in [3.05, 3.63) is 59.9 Å². The van der Waals surface area contributed by atoms with Crippen LogP contribution in [-0.4, -0.2) is 37.2 Å². The molecular formula is C19H20FNO3S2. The summed E-state index contributed by atoms with van der Waals surface area (Å²) in [4.78, 5) is 11.8. The number of hydrogen-bond donors (Lipinski definition) is 1. The predicted molar refractivity (Wildman–Crippen MR) is 104 cm³/mol. The minimum atomic E-state index is -0.309. The van der Waals surface area contributed by atoms with Crippen molar-refractivity contribution in [1.29, 1.82) is 0 Å². The smallest absolute Gasteiger partial charge is 0.258 e. The summed E-state index contributed by atoms with van der Waals surface area (Å²) in [6.07, 6.45) is 0. The van der Waals surface area contributed by atoms with Gasteiger partial charge in [-0.3, -0.25) is 4.79 Å². The summed E-state index contributed by atoms with van der Waals surface area (Å²) < 4.78 is 24.2. The SMILES string of the molecule is O=C(COc1ccc(C2SCCS2)cc1)NCCOc1ccc(F)cc1. The summed E-state index contributed by atoms with van der Waals surface area (Å²) in [6.45, 7) is 0.625. The van der Waals surface area contributed by atoms with Crippen LogP contribution in [-0.2, 0) is 4.79 Å². The number of ether oxygens (including phenoxy) is 2. The molecule has 0 atom stereocenters. The van der Waals surface area contributed by atoms with E-state index in [1.165, 1.54) is 29.2 Å². The fraction of sp³-hybridized carbons (Fsp3) is 0.316. The number of hydrogen-bond acceptors (Lipinski definition) is 5. The van der Waals surface area contributed by atoms with Crippen LogP contribution in [0, 0.1) is 5.82 Å². The third kappa shape index (κ3) is 5.85. The maximum atomic E-state index is 12.8. The van der Waals surface area contributed by atoms with Crippen molar-refractivity contribution in [1.82, 2.24) is 5.32 Å². The van der Waals surface area contributed by atoms with E-state index in [0.29, 0.717) is 29.2 Å². The molecule has 3 rings (SSSR count). The molecule has 0 unspecified atom stereocenters. The van der Waals surface area contributed by atoms with E-state index < -0.39 is 0 Å². The third-order valence-corrected chi connectivity index (χ3v) is 6.75. The Morgan fingerprint density at radius 2 is 1.62 bits per heavy atom. The van der Waals surface area contributed by atoms with E-state index in [2.05, 4.69) is 17.4 Å². The maximum absolute atomic E-state index is 12.8. The van der Waals surface area contributed by atoms with Gasteiger partial charge in [-0.2, -0.15) is 0 Å². The Morgan fingerprint density at radius 1 is 1.00 bits per heavy atom. The molecule has 7 heteroatoms. The monoisotopic (exact) mass is 393 g/mol. The minimum Gasteiger partial charge on any atom is -0.492 e. The van der Waals surface area contributed by atoms with Gasteiger partial charge in [-0.05, 0) is 42.0 Å². The van der Waals surface area contributed by atoms with Gasteiger partial charge in [0.05, 0.1) is 11.1 Å². The molecule has 0 aliphatic carbocycles. The largest absolute Gasteiger partial charge is 0.492 e. The third-order valence-electron chi connectivity index (χ3n) is 3.65. The molecular weight excluding hydrogens is 373 g/mol. The van der Waals surface area contributed by atoms with Gasteiger partial charge in [0.2, 0.25) is 0 Å². The van der Waals surface area contributed by atoms with Crippen molar-refractivity contribution in [2.24, 2.45) is 0 Å². The van der Waals surface area contributed by atoms with E-state index >= 15 is 0 Å². The molecule has 2 aromatic carbocycles. The van der Waals surface area contributed by atoms with Crippen molar-refractivity contribution in [3.63, 3.8) is 0 Å². The molecule has 1 fully saturated rings. The van der Waals surface area contributed by atoms with Gasteiger partial charge >= 0.3 is 0 Å². The van der Waals surface area contributed by atoms with Gasteiger partial charge in [-0.1, -0.05) is 12.1 Å². The standard InChI is InChI=1S/C19H20FNO3S2/c20-15-3-7-16(8-4-15)23-10-9-21-18(22)13-24-17-5-1-14(2-6-17)19-25-11-12-26-19/h1-8,19H,9-13H2,(H,21,22). The Balaban J connectivity index is 1.32. The Hall–Kier alpha value is -1.86. The highest BCUT2D eigenvalue weighted by Crippen LogP contribution is 2.45. The van der Waals surface area contributed by atoms with E-state index in [1.54, 1.807) is 12.1 Å². The Bertz CT molecular complexity index is 704. The normalized spacial score (nSPS) is 14.2. The molecule has 26 heavy (non-hydrogen) atoms. The second-order valence-electron chi connectivity index (χ2n) is 5.58. The first kappa shape index (κ1) is 18.9. The van der Waals surface area contributed by atoms with Crippen LogP contribution in [0.2, 0.25) is 0 Å². The second-order valence-corrected chi connectivity index (χ2v) is 8.31. The number of carbonyl (C=O) groups is 1. The van der Waals surface area contributed by atoms with Crippen LogP contribution in [0.25, 0.3) is 0 Å². The van der Waals surface area contributed by atoms with Crippen molar-refractivity contribution in [3.8, 4) is 11.5 Å². The number of carbonyl (C=O) groups excluding carboxylic acids is 1. The molecule has 0 radical (unpaired) electrons. The van der Waals surface area contributed by atoms with E-state index in [0.717, 1.165) is 0 Å². The van der Waals surface area contributed by atoms with Crippen molar-refractivity contribution in [2.45, 2.75) is 4.58 Å². The Labute approximate surface area is 160 Å². The van der Waals surface area contributed by atoms with Gasteiger partial charge in [0, 0.05) is 11.5 Å². The molecule has 1 amide bonds. The zero-order valence-electron chi connectivity index (χ0n) is 14.2. The molecule has 0 spiro atoms. The van der Waals surface area contributed by atoms with E-state index in [9.17, 15) is 9.18 Å². The maximum Gasteiger partial charge on any atom is 0.258 e. The first-order chi connectivity index (χ1) is 12.7. The molecule has 1 aliphatic rings. The summed E-state index contributed by atoms with van der Waals surface area (Å²) in [6, 6.07) is 13.7. The van der Waals surface area contributed by atoms with Crippen molar-refractivity contribution < 1.29 is 18.7 Å². The predicted octanol–water partition coefficient (Wildman–Crippen LogP) is 3.88. The lowest BCUT2D eigenvalue weighted by molar-refractivity contribution is -0.123. The molecule has 0 aromatic heterocycles. The quantitative estimate of drug-likeness (QED) is 0.690. The van der Waals surface area contributed by atoms with Crippen LogP contribution >= 0.6 is 23.5 Å². The fourth-order valence-corrected chi connectivity index (χ4v) is 5.22. The van der Waals surface area contributed by atoms with Crippen molar-refractivity contribution in [2.75, 3.05) is 31.3 Å². The van der Waals surface area contributed by atoms with E-state index in [1.807, 2.05) is 35.7 Å². The molecule has 1 N–H and O–H groups in total. The molecule has 0 bridgehead atoms. The number of halogens is 1. The lowest BCUT2D eigenvalue weighted by atomic mass is 10.2. The van der Waals surface area contributed by atoms with Crippen molar-refractivity contribution >= 4 is 29.4 Å². The van der Waals surface area contributed by atoms with Gasteiger partial charge in [0.15, 0.2) is 6.61 Å². The minimum absolute atomic E-state index is 0.0389. The van der Waals surface area contributed by atoms with Gasteiger partial charge < -0.3 is 14.8 Å². The lowest BCUT2D eigenvalue weighted by Crippen LogP contribution is -2.32. The number of thioether (sulfide) groups is 2. The first-order valence-corrected chi connectivity index (χ1v) is 10.4. The number of nitrogens with one attached hydrogen (secondary N) is 1. The number of rotatable bonds is 8. The highest BCUT2D eigenvalue weighted by atomic mass is 32.2. The zero-order chi connectivity index (χ0) is 18.2. The molecule has 138 valence electrons. The Morgan fingerprint density at radius 3 is 2.31 bits per heavy atom. The van der Waals surface area contributed by atoms with Crippen LogP contribution in [0.4, 0.5) is 4.39 Å². The fourth-order valence-electron chi connectivity index (χ4n) is 2.36. The average molecular weight is 394 g/mol. The molecule has 1 aliphatic heterocycles. The second kappa shape index (κ2) is 9.73. The molecule has 1 heterocycles. The summed E-state index contributed by atoms with van der Waals surface area (Å²) >= 11 is 3.91. The van der Waals surface area contributed by atoms with E-state index in [4.69, 9.17) is 9.47 Å². The van der Waals surface area contributed by atoms with Gasteiger partial charge in [0.25, 0.3) is 5.91 Å². The van der Waals surface area contributed by atoms with E-state index in [-0.39, 0.29) is 18.3 Å². The summed E-state index contributed by atoms with van der Waals surface area (Å²) in [5.41, 5.74) is 1.28.